The Hall–Kier alpha value is -2.37. The molecule has 3 heterocycles. The van der Waals surface area contributed by atoms with Gasteiger partial charge in [-0.1, -0.05) is 12.1 Å². The number of amides is 3. The van der Waals surface area contributed by atoms with E-state index in [1.54, 1.807) is 31.2 Å². The SMILES string of the molecule is CCOC(=O)N1[C@@H]2CC[C@H]1CC(N1C(=O)c3ccccc3C1=O)C2. The number of imide groups is 1. The highest BCUT2D eigenvalue weighted by Gasteiger charge is 2.49. The summed E-state index contributed by atoms with van der Waals surface area (Å²) in [5.41, 5.74) is 0.977. The smallest absolute Gasteiger partial charge is 0.410 e. The van der Waals surface area contributed by atoms with E-state index in [1.165, 1.54) is 4.90 Å². The van der Waals surface area contributed by atoms with Gasteiger partial charge in [0.25, 0.3) is 11.8 Å². The average Bonchev–Trinajstić information content (AvgIpc) is 2.99. The van der Waals surface area contributed by atoms with Crippen LogP contribution in [0.5, 0.6) is 0 Å². The van der Waals surface area contributed by atoms with Gasteiger partial charge in [0.2, 0.25) is 0 Å². The first-order valence-corrected chi connectivity index (χ1v) is 8.53. The fourth-order valence-electron chi connectivity index (χ4n) is 4.39. The van der Waals surface area contributed by atoms with Crippen molar-refractivity contribution in [3.63, 3.8) is 0 Å². The van der Waals surface area contributed by atoms with E-state index in [1.807, 2.05) is 4.90 Å². The van der Waals surface area contributed by atoms with Crippen LogP contribution in [0.1, 0.15) is 53.3 Å². The van der Waals surface area contributed by atoms with Crippen molar-refractivity contribution < 1.29 is 19.1 Å². The molecule has 3 amide bonds. The molecule has 0 aliphatic carbocycles. The van der Waals surface area contributed by atoms with Crippen molar-refractivity contribution in [2.24, 2.45) is 0 Å². The number of piperidine rings is 1. The van der Waals surface area contributed by atoms with E-state index in [9.17, 15) is 14.4 Å². The number of hydrogen-bond donors (Lipinski definition) is 0. The largest absolute Gasteiger partial charge is 0.450 e. The Balaban J connectivity index is 1.56. The predicted molar refractivity (Wildman–Crippen MR) is 85.6 cm³/mol. The number of hydrogen-bond acceptors (Lipinski definition) is 4. The lowest BCUT2D eigenvalue weighted by Gasteiger charge is -2.40. The van der Waals surface area contributed by atoms with Crippen LogP contribution in [-0.4, -0.2) is 52.4 Å². The molecule has 4 rings (SSSR count). The normalized spacial score (nSPS) is 28.3. The molecule has 0 N–H and O–H groups in total. The Morgan fingerprint density at radius 3 is 2.08 bits per heavy atom. The molecule has 3 aliphatic rings. The van der Waals surface area contributed by atoms with Gasteiger partial charge in [-0.05, 0) is 44.7 Å². The number of rotatable bonds is 2. The number of nitrogens with zero attached hydrogens (tertiary/aromatic N) is 2. The van der Waals surface area contributed by atoms with E-state index in [4.69, 9.17) is 4.74 Å². The van der Waals surface area contributed by atoms with E-state index in [-0.39, 0.29) is 36.0 Å². The van der Waals surface area contributed by atoms with Crippen LogP contribution >= 0.6 is 0 Å². The van der Waals surface area contributed by atoms with E-state index in [0.29, 0.717) is 30.6 Å². The van der Waals surface area contributed by atoms with Crippen molar-refractivity contribution in [3.8, 4) is 0 Å². The summed E-state index contributed by atoms with van der Waals surface area (Å²) < 4.78 is 5.16. The van der Waals surface area contributed by atoms with E-state index in [0.717, 1.165) is 12.8 Å². The highest BCUT2D eigenvalue weighted by molar-refractivity contribution is 6.21. The molecule has 24 heavy (non-hydrogen) atoms. The first kappa shape index (κ1) is 15.2. The first-order chi connectivity index (χ1) is 11.6. The molecule has 0 radical (unpaired) electrons. The fraction of sp³-hybridized carbons (Fsp3) is 0.500. The highest BCUT2D eigenvalue weighted by Crippen LogP contribution is 2.40. The van der Waals surface area contributed by atoms with Crippen molar-refractivity contribution in [2.45, 2.75) is 50.7 Å². The van der Waals surface area contributed by atoms with Crippen LogP contribution in [0, 0.1) is 0 Å². The summed E-state index contributed by atoms with van der Waals surface area (Å²) in [6.45, 7) is 2.15. The molecule has 1 aromatic rings. The third-order valence-corrected chi connectivity index (χ3v) is 5.38. The lowest BCUT2D eigenvalue weighted by atomic mass is 9.96. The van der Waals surface area contributed by atoms with Gasteiger partial charge in [0.05, 0.1) is 17.7 Å². The summed E-state index contributed by atoms with van der Waals surface area (Å²) in [6.07, 6.45) is 2.82. The number of carbonyl (C=O) groups is 3. The minimum atomic E-state index is -0.272. The van der Waals surface area contributed by atoms with Crippen LogP contribution < -0.4 is 0 Å². The molecule has 126 valence electrons. The maximum Gasteiger partial charge on any atom is 0.410 e. The lowest BCUT2D eigenvalue weighted by Crippen LogP contribution is -2.53. The van der Waals surface area contributed by atoms with Gasteiger partial charge in [0.15, 0.2) is 0 Å². The van der Waals surface area contributed by atoms with Gasteiger partial charge in [0, 0.05) is 18.1 Å². The molecular formula is C18H20N2O4. The van der Waals surface area contributed by atoms with Crippen molar-refractivity contribution in [3.05, 3.63) is 35.4 Å². The second kappa shape index (κ2) is 5.61. The standard InChI is InChI=1S/C18H20N2O4/c1-2-24-18(23)19-11-7-8-12(19)10-13(9-11)20-16(21)14-5-3-4-6-15(14)17(20)22/h3-6,11-13H,2,7-10H2,1H3/t11-,12+,13?. The van der Waals surface area contributed by atoms with Gasteiger partial charge >= 0.3 is 6.09 Å². The summed E-state index contributed by atoms with van der Waals surface area (Å²) in [5, 5.41) is 0. The van der Waals surface area contributed by atoms with Crippen LogP contribution in [0.3, 0.4) is 0 Å². The molecule has 0 aromatic heterocycles. The summed E-state index contributed by atoms with van der Waals surface area (Å²) in [4.78, 5) is 40.7. The maximum atomic E-state index is 12.7. The van der Waals surface area contributed by atoms with E-state index < -0.39 is 0 Å². The average molecular weight is 328 g/mol. The van der Waals surface area contributed by atoms with E-state index in [2.05, 4.69) is 0 Å². The molecule has 6 nitrogen and oxygen atoms in total. The van der Waals surface area contributed by atoms with Gasteiger partial charge in [-0.25, -0.2) is 4.79 Å². The number of carbonyl (C=O) groups excluding carboxylic acids is 3. The van der Waals surface area contributed by atoms with Gasteiger partial charge in [-0.3, -0.25) is 14.5 Å². The highest BCUT2D eigenvalue weighted by atomic mass is 16.6. The molecule has 2 saturated heterocycles. The molecule has 2 bridgehead atoms. The van der Waals surface area contributed by atoms with Gasteiger partial charge < -0.3 is 9.64 Å². The number of fused-ring (bicyclic) bond motifs is 3. The Bertz CT molecular complexity index is 668. The minimum absolute atomic E-state index is 0.0529. The zero-order valence-electron chi connectivity index (χ0n) is 13.6. The Kier molecular flexibility index (Phi) is 3.55. The zero-order valence-corrected chi connectivity index (χ0v) is 13.6. The number of ether oxygens (including phenoxy) is 1. The Morgan fingerprint density at radius 2 is 1.58 bits per heavy atom. The third-order valence-electron chi connectivity index (χ3n) is 5.38. The maximum absolute atomic E-state index is 12.7. The van der Waals surface area contributed by atoms with E-state index >= 15 is 0 Å². The van der Waals surface area contributed by atoms with Gasteiger partial charge in [-0.2, -0.15) is 0 Å². The number of benzene rings is 1. The summed E-state index contributed by atoms with van der Waals surface area (Å²) in [7, 11) is 0. The lowest BCUT2D eigenvalue weighted by molar-refractivity contribution is 0.0350. The van der Waals surface area contributed by atoms with Crippen molar-refractivity contribution in [1.82, 2.24) is 9.80 Å². The monoisotopic (exact) mass is 328 g/mol. The van der Waals surface area contributed by atoms with Crippen molar-refractivity contribution in [1.29, 1.82) is 0 Å². The molecule has 3 aliphatic heterocycles. The zero-order chi connectivity index (χ0) is 16.8. The third kappa shape index (κ3) is 2.12. The summed E-state index contributed by atoms with van der Waals surface area (Å²) in [5.74, 6) is -0.408. The van der Waals surface area contributed by atoms with Crippen LogP contribution in [0.15, 0.2) is 24.3 Å². The summed E-state index contributed by atoms with van der Waals surface area (Å²) in [6, 6.07) is 6.94. The van der Waals surface area contributed by atoms with Crippen LogP contribution in [0.25, 0.3) is 0 Å². The molecule has 0 spiro atoms. The molecule has 1 unspecified atom stereocenters. The van der Waals surface area contributed by atoms with Crippen LogP contribution in [0.4, 0.5) is 4.79 Å². The Labute approximate surface area is 140 Å². The fourth-order valence-corrected chi connectivity index (χ4v) is 4.39. The molecule has 2 fully saturated rings. The first-order valence-electron chi connectivity index (χ1n) is 8.53. The van der Waals surface area contributed by atoms with Crippen molar-refractivity contribution in [2.75, 3.05) is 6.61 Å². The van der Waals surface area contributed by atoms with Gasteiger partial charge in [0.1, 0.15) is 0 Å². The van der Waals surface area contributed by atoms with Crippen LogP contribution in [-0.2, 0) is 4.74 Å². The second-order valence-corrected chi connectivity index (χ2v) is 6.64. The second-order valence-electron chi connectivity index (χ2n) is 6.64. The molecular weight excluding hydrogens is 308 g/mol. The van der Waals surface area contributed by atoms with Crippen molar-refractivity contribution >= 4 is 17.9 Å². The van der Waals surface area contributed by atoms with Gasteiger partial charge in [-0.15, -0.1) is 0 Å². The molecule has 3 atom stereocenters. The molecule has 0 saturated carbocycles. The topological polar surface area (TPSA) is 66.9 Å². The minimum Gasteiger partial charge on any atom is -0.450 e. The molecule has 1 aromatic carbocycles. The predicted octanol–water partition coefficient (Wildman–Crippen LogP) is 2.43. The quantitative estimate of drug-likeness (QED) is 0.782. The van der Waals surface area contributed by atoms with Crippen LogP contribution in [0.2, 0.25) is 0 Å². The molecule has 6 heteroatoms. The Morgan fingerprint density at radius 1 is 1.04 bits per heavy atom. The summed E-state index contributed by atoms with van der Waals surface area (Å²) >= 11 is 0.